The summed E-state index contributed by atoms with van der Waals surface area (Å²) in [6.07, 6.45) is 3.36. The highest BCUT2D eigenvalue weighted by atomic mass is 32.2. The lowest BCUT2D eigenvalue weighted by molar-refractivity contribution is -0.122. The van der Waals surface area contributed by atoms with Crippen molar-refractivity contribution in [2.24, 2.45) is 0 Å². The Morgan fingerprint density at radius 1 is 1.11 bits per heavy atom. The summed E-state index contributed by atoms with van der Waals surface area (Å²) in [4.78, 5) is 36.2. The first-order valence-electron chi connectivity index (χ1n) is 11.9. The van der Waals surface area contributed by atoms with Crippen LogP contribution < -0.4 is 10.5 Å². The van der Waals surface area contributed by atoms with Crippen LogP contribution >= 0.6 is 24.0 Å². The van der Waals surface area contributed by atoms with Crippen molar-refractivity contribution < 1.29 is 9.53 Å². The Morgan fingerprint density at radius 2 is 1.81 bits per heavy atom. The van der Waals surface area contributed by atoms with Gasteiger partial charge in [-0.2, -0.15) is 0 Å². The van der Waals surface area contributed by atoms with Crippen molar-refractivity contribution in [1.82, 2.24) is 14.3 Å². The predicted octanol–water partition coefficient (Wildman–Crippen LogP) is 4.33. The molecule has 0 N–H and O–H groups in total. The van der Waals surface area contributed by atoms with Gasteiger partial charge in [0, 0.05) is 19.3 Å². The molecule has 36 heavy (non-hydrogen) atoms. The van der Waals surface area contributed by atoms with Crippen LogP contribution in [0.25, 0.3) is 11.7 Å². The van der Waals surface area contributed by atoms with E-state index in [1.165, 1.54) is 11.8 Å². The van der Waals surface area contributed by atoms with Crippen molar-refractivity contribution in [2.45, 2.75) is 46.4 Å². The number of aryl methyl sites for hydroxylation is 2. The molecule has 4 heterocycles. The van der Waals surface area contributed by atoms with Crippen LogP contribution in [0.3, 0.4) is 0 Å². The molecule has 2 aliphatic heterocycles. The average molecular weight is 521 g/mol. The molecule has 2 aliphatic rings. The number of ether oxygens (including phenoxy) is 1. The van der Waals surface area contributed by atoms with Gasteiger partial charge >= 0.3 is 0 Å². The van der Waals surface area contributed by atoms with Gasteiger partial charge in [0.1, 0.15) is 15.8 Å². The quantitative estimate of drug-likeness (QED) is 0.375. The van der Waals surface area contributed by atoms with Gasteiger partial charge in [-0.05, 0) is 51.0 Å². The molecule has 0 aliphatic carbocycles. The SMILES string of the molecule is Cc1ccc(CN2C(=O)/C(=C/c3c(N4C[C@@H](C)O[C@H](C)C4)nc4c(C)cccn4c3=O)SC2=S)cc1. The minimum Gasteiger partial charge on any atom is -0.372 e. The fourth-order valence-electron chi connectivity index (χ4n) is 4.66. The van der Waals surface area contributed by atoms with E-state index >= 15 is 0 Å². The molecule has 7 nitrogen and oxygen atoms in total. The van der Waals surface area contributed by atoms with E-state index in [0.717, 1.165) is 16.7 Å². The third-order valence-corrected chi connectivity index (χ3v) is 7.77. The van der Waals surface area contributed by atoms with Gasteiger partial charge in [-0.25, -0.2) is 4.98 Å². The maximum atomic E-state index is 13.7. The summed E-state index contributed by atoms with van der Waals surface area (Å²) in [6.45, 7) is 9.59. The summed E-state index contributed by atoms with van der Waals surface area (Å²) in [7, 11) is 0. The smallest absolute Gasteiger partial charge is 0.267 e. The minimum absolute atomic E-state index is 0.00792. The lowest BCUT2D eigenvalue weighted by Crippen LogP contribution is -2.46. The number of thiocarbonyl (C=S) groups is 1. The topological polar surface area (TPSA) is 67.2 Å². The summed E-state index contributed by atoms with van der Waals surface area (Å²) in [5.41, 5.74) is 3.83. The second-order valence-electron chi connectivity index (χ2n) is 9.45. The second-order valence-corrected chi connectivity index (χ2v) is 11.1. The number of carbonyl (C=O) groups excluding carboxylic acids is 1. The molecule has 0 unspecified atom stereocenters. The normalized spacial score (nSPS) is 21.7. The van der Waals surface area contributed by atoms with Crippen LogP contribution in [0.4, 0.5) is 5.82 Å². The Balaban J connectivity index is 1.58. The van der Waals surface area contributed by atoms with Crippen LogP contribution in [-0.4, -0.2) is 49.8 Å². The molecule has 1 amide bonds. The number of carbonyl (C=O) groups is 1. The first kappa shape index (κ1) is 24.7. The summed E-state index contributed by atoms with van der Waals surface area (Å²) in [5.74, 6) is 0.370. The Kier molecular flexibility index (Phi) is 6.72. The Bertz CT molecular complexity index is 1440. The molecule has 1 aromatic carbocycles. The van der Waals surface area contributed by atoms with E-state index in [1.54, 1.807) is 21.6 Å². The van der Waals surface area contributed by atoms with Gasteiger partial charge in [0.05, 0.1) is 29.2 Å². The molecule has 0 bridgehead atoms. The summed E-state index contributed by atoms with van der Waals surface area (Å²) < 4.78 is 7.94. The van der Waals surface area contributed by atoms with Crippen molar-refractivity contribution in [3.8, 4) is 0 Å². The number of benzene rings is 1. The molecule has 186 valence electrons. The van der Waals surface area contributed by atoms with E-state index in [0.29, 0.717) is 45.9 Å². The van der Waals surface area contributed by atoms with Gasteiger partial charge in [0.15, 0.2) is 0 Å². The van der Waals surface area contributed by atoms with E-state index in [9.17, 15) is 9.59 Å². The zero-order chi connectivity index (χ0) is 25.6. The number of fused-ring (bicyclic) bond motifs is 1. The highest BCUT2D eigenvalue weighted by Gasteiger charge is 2.33. The molecular formula is C27H28N4O3S2. The van der Waals surface area contributed by atoms with Gasteiger partial charge in [-0.15, -0.1) is 0 Å². The zero-order valence-electron chi connectivity index (χ0n) is 20.7. The Hall–Kier alpha value is -3.01. The number of hydrogen-bond acceptors (Lipinski definition) is 7. The lowest BCUT2D eigenvalue weighted by atomic mass is 10.1. The molecule has 5 rings (SSSR count). The molecule has 2 saturated heterocycles. The number of aromatic nitrogens is 2. The maximum absolute atomic E-state index is 13.7. The van der Waals surface area contributed by atoms with Crippen LogP contribution in [-0.2, 0) is 16.1 Å². The van der Waals surface area contributed by atoms with Crippen LogP contribution in [0, 0.1) is 13.8 Å². The average Bonchev–Trinajstić information content (AvgIpc) is 3.09. The first-order valence-corrected chi connectivity index (χ1v) is 13.2. The van der Waals surface area contributed by atoms with Crippen molar-refractivity contribution in [1.29, 1.82) is 0 Å². The number of thioether (sulfide) groups is 1. The van der Waals surface area contributed by atoms with E-state index < -0.39 is 0 Å². The maximum Gasteiger partial charge on any atom is 0.267 e. The van der Waals surface area contributed by atoms with Gasteiger partial charge < -0.3 is 9.64 Å². The Morgan fingerprint density at radius 3 is 2.50 bits per heavy atom. The number of anilines is 1. The van der Waals surface area contributed by atoms with E-state index in [-0.39, 0.29) is 23.7 Å². The third-order valence-electron chi connectivity index (χ3n) is 6.39. The highest BCUT2D eigenvalue weighted by Crippen LogP contribution is 2.35. The molecule has 9 heteroatoms. The molecule has 2 atom stereocenters. The van der Waals surface area contributed by atoms with Crippen LogP contribution in [0.1, 0.15) is 36.1 Å². The molecule has 0 saturated carbocycles. The number of nitrogens with zero attached hydrogens (tertiary/aromatic N) is 4. The molecule has 2 aromatic heterocycles. The largest absolute Gasteiger partial charge is 0.372 e. The number of pyridine rings is 1. The molecule has 2 fully saturated rings. The van der Waals surface area contributed by atoms with Gasteiger partial charge in [-0.1, -0.05) is 59.9 Å². The first-order chi connectivity index (χ1) is 17.2. The highest BCUT2D eigenvalue weighted by molar-refractivity contribution is 8.26. The molecule has 0 radical (unpaired) electrons. The molecular weight excluding hydrogens is 492 g/mol. The number of morpholine rings is 1. The standard InChI is InChI=1S/C27H28N4O3S2/c1-16-7-9-20(10-8-16)15-31-26(33)22(36-27(31)35)12-21-24(29-13-18(3)34-19(4)14-29)28-23-17(2)6-5-11-30(23)25(21)32/h5-12,18-19H,13-15H2,1-4H3/b22-12-/t18-,19-/m1/s1. The monoisotopic (exact) mass is 520 g/mol. The minimum atomic E-state index is -0.214. The van der Waals surface area contributed by atoms with E-state index in [1.807, 2.05) is 64.1 Å². The van der Waals surface area contributed by atoms with Gasteiger partial charge in [0.2, 0.25) is 0 Å². The number of rotatable bonds is 4. The fraction of sp³-hybridized carbons (Fsp3) is 0.333. The van der Waals surface area contributed by atoms with E-state index in [4.69, 9.17) is 21.9 Å². The van der Waals surface area contributed by atoms with Crippen molar-refractivity contribution in [3.63, 3.8) is 0 Å². The Labute approximate surface area is 219 Å². The lowest BCUT2D eigenvalue weighted by Gasteiger charge is -2.36. The zero-order valence-corrected chi connectivity index (χ0v) is 22.4. The second kappa shape index (κ2) is 9.80. The van der Waals surface area contributed by atoms with Crippen molar-refractivity contribution >= 4 is 51.7 Å². The number of hydrogen-bond donors (Lipinski definition) is 0. The third kappa shape index (κ3) is 4.70. The number of amides is 1. The van der Waals surface area contributed by atoms with Crippen LogP contribution in [0.2, 0.25) is 0 Å². The fourth-order valence-corrected chi connectivity index (χ4v) is 5.90. The molecule has 0 spiro atoms. The van der Waals surface area contributed by atoms with Crippen LogP contribution in [0.5, 0.6) is 0 Å². The van der Waals surface area contributed by atoms with Gasteiger partial charge in [0.25, 0.3) is 11.5 Å². The van der Waals surface area contributed by atoms with Gasteiger partial charge in [-0.3, -0.25) is 18.9 Å². The van der Waals surface area contributed by atoms with E-state index in [2.05, 4.69) is 4.90 Å². The van der Waals surface area contributed by atoms with Crippen molar-refractivity contribution in [3.05, 3.63) is 80.1 Å². The summed E-state index contributed by atoms with van der Waals surface area (Å²) in [5, 5.41) is 0. The summed E-state index contributed by atoms with van der Waals surface area (Å²) >= 11 is 6.78. The molecule has 3 aromatic rings. The van der Waals surface area contributed by atoms with Crippen molar-refractivity contribution in [2.75, 3.05) is 18.0 Å². The predicted molar refractivity (Wildman–Crippen MR) is 148 cm³/mol. The summed E-state index contributed by atoms with van der Waals surface area (Å²) in [6, 6.07) is 11.8. The van der Waals surface area contributed by atoms with Crippen LogP contribution in [0.15, 0.2) is 52.3 Å².